The Morgan fingerprint density at radius 3 is 2.67 bits per heavy atom. The molecule has 1 N–H and O–H groups in total. The van der Waals surface area contributed by atoms with Gasteiger partial charge in [-0.2, -0.15) is 0 Å². The van der Waals surface area contributed by atoms with Crippen molar-refractivity contribution in [2.75, 3.05) is 19.0 Å². The van der Waals surface area contributed by atoms with E-state index in [1.165, 1.54) is 30.6 Å². The average molecular weight is 409 g/mol. The largest absolute Gasteiger partial charge is 0.465 e. The third-order valence-electron chi connectivity index (χ3n) is 4.43. The molecule has 1 amide bonds. The minimum absolute atomic E-state index is 0.105. The first-order valence-electron chi connectivity index (χ1n) is 8.34. The van der Waals surface area contributed by atoms with E-state index in [-0.39, 0.29) is 9.88 Å². The van der Waals surface area contributed by atoms with Gasteiger partial charge in [-0.05, 0) is 31.9 Å². The highest BCUT2D eigenvalue weighted by Crippen LogP contribution is 2.38. The molecule has 0 radical (unpaired) electrons. The normalized spacial score (nSPS) is 14.1. The number of nitrogens with zero attached hydrogens (tertiary/aromatic N) is 2. The van der Waals surface area contributed by atoms with Crippen molar-refractivity contribution in [2.45, 2.75) is 32.9 Å². The van der Waals surface area contributed by atoms with Crippen LogP contribution in [0, 0.1) is 10.1 Å². The topological polar surface area (TPSA) is 102 Å². The molecule has 0 saturated heterocycles. The van der Waals surface area contributed by atoms with E-state index in [1.54, 1.807) is 0 Å². The molecule has 1 aliphatic heterocycles. The lowest BCUT2D eigenvalue weighted by Crippen LogP contribution is -2.35. The summed E-state index contributed by atoms with van der Waals surface area (Å²) in [6, 6.07) is 3.08. The number of rotatable bonds is 5. The number of anilines is 1. The van der Waals surface area contributed by atoms with Crippen LogP contribution >= 0.6 is 22.7 Å². The van der Waals surface area contributed by atoms with Crippen LogP contribution in [-0.4, -0.2) is 41.4 Å². The van der Waals surface area contributed by atoms with E-state index >= 15 is 0 Å². The van der Waals surface area contributed by atoms with Crippen molar-refractivity contribution in [1.29, 1.82) is 0 Å². The van der Waals surface area contributed by atoms with E-state index in [9.17, 15) is 19.7 Å². The predicted octanol–water partition coefficient (Wildman–Crippen LogP) is 3.52. The molecule has 0 aromatic carbocycles. The molecule has 3 rings (SSSR count). The van der Waals surface area contributed by atoms with Gasteiger partial charge in [0.15, 0.2) is 0 Å². The maximum absolute atomic E-state index is 12.5. The van der Waals surface area contributed by atoms with Crippen molar-refractivity contribution in [3.8, 4) is 0 Å². The van der Waals surface area contributed by atoms with Crippen molar-refractivity contribution < 1.29 is 19.2 Å². The summed E-state index contributed by atoms with van der Waals surface area (Å²) in [4.78, 5) is 38.7. The van der Waals surface area contributed by atoms with E-state index in [1.807, 2.05) is 0 Å². The molecule has 0 saturated carbocycles. The van der Waals surface area contributed by atoms with Gasteiger partial charge in [0.1, 0.15) is 5.00 Å². The van der Waals surface area contributed by atoms with Crippen LogP contribution in [-0.2, 0) is 17.7 Å². The van der Waals surface area contributed by atoms with E-state index in [0.29, 0.717) is 29.6 Å². The van der Waals surface area contributed by atoms with Crippen LogP contribution in [0.5, 0.6) is 0 Å². The molecule has 0 atom stereocenters. The summed E-state index contributed by atoms with van der Waals surface area (Å²) in [5, 5.41) is 13.9. The zero-order chi connectivity index (χ0) is 19.7. The number of nitro groups is 1. The van der Waals surface area contributed by atoms with Crippen molar-refractivity contribution >= 4 is 44.6 Å². The molecule has 8 nitrogen and oxygen atoms in total. The summed E-state index contributed by atoms with van der Waals surface area (Å²) in [6.07, 6.45) is 0.703. The Labute approximate surface area is 163 Å². The zero-order valence-corrected chi connectivity index (χ0v) is 16.7. The molecule has 0 unspecified atom stereocenters. The second-order valence-corrected chi connectivity index (χ2v) is 8.53. The molecule has 27 heavy (non-hydrogen) atoms. The summed E-state index contributed by atoms with van der Waals surface area (Å²) in [5.41, 5.74) is 1.30. The van der Waals surface area contributed by atoms with Gasteiger partial charge in [-0.15, -0.1) is 11.3 Å². The number of fused-ring (bicyclic) bond motifs is 1. The van der Waals surface area contributed by atoms with Crippen LogP contribution < -0.4 is 5.32 Å². The summed E-state index contributed by atoms with van der Waals surface area (Å²) in [7, 11) is 1.31. The number of carbonyl (C=O) groups excluding carboxylic acids is 2. The average Bonchev–Trinajstić information content (AvgIpc) is 3.25. The second-order valence-electron chi connectivity index (χ2n) is 6.36. The Bertz CT molecular complexity index is 903. The first kappa shape index (κ1) is 19.5. The van der Waals surface area contributed by atoms with Crippen molar-refractivity contribution in [1.82, 2.24) is 4.90 Å². The third-order valence-corrected chi connectivity index (χ3v) is 6.60. The Hall–Kier alpha value is -2.30. The molecule has 0 bridgehead atoms. The molecule has 144 valence electrons. The van der Waals surface area contributed by atoms with Gasteiger partial charge in [0.2, 0.25) is 0 Å². The molecule has 2 aromatic rings. The molecular formula is C17H19N3O5S2. The highest BCUT2D eigenvalue weighted by molar-refractivity contribution is 7.18. The Balaban J connectivity index is 1.91. The number of hydrogen-bond donors (Lipinski definition) is 1. The SMILES string of the molecule is COC(=O)c1c(NC(=O)c2ccc([N+](=O)[O-])s2)sc2c1CCN(C(C)C)C2. The lowest BCUT2D eigenvalue weighted by Gasteiger charge is -2.30. The van der Waals surface area contributed by atoms with Crippen molar-refractivity contribution in [3.63, 3.8) is 0 Å². The lowest BCUT2D eigenvalue weighted by molar-refractivity contribution is -0.380. The van der Waals surface area contributed by atoms with Crippen molar-refractivity contribution in [3.05, 3.63) is 43.1 Å². The standard InChI is InChI=1S/C17H19N3O5S2/c1-9(2)19-7-6-10-12(8-19)27-16(14(10)17(22)25-3)18-15(21)11-4-5-13(26-11)20(23)24/h4-5,9H,6-8H2,1-3H3,(H,18,21). The second kappa shape index (κ2) is 7.75. The van der Waals surface area contributed by atoms with Crippen LogP contribution in [0.4, 0.5) is 10.0 Å². The Morgan fingerprint density at radius 1 is 1.33 bits per heavy atom. The number of carbonyl (C=O) groups is 2. The molecule has 0 fully saturated rings. The van der Waals surface area contributed by atoms with Gasteiger partial charge in [-0.25, -0.2) is 4.79 Å². The highest BCUT2D eigenvalue weighted by atomic mass is 32.1. The molecular weight excluding hydrogens is 390 g/mol. The van der Waals surface area contributed by atoms with Gasteiger partial charge >= 0.3 is 11.0 Å². The van der Waals surface area contributed by atoms with Gasteiger partial charge in [0, 0.05) is 30.1 Å². The highest BCUT2D eigenvalue weighted by Gasteiger charge is 2.30. The van der Waals surface area contributed by atoms with Crippen molar-refractivity contribution in [2.24, 2.45) is 0 Å². The van der Waals surface area contributed by atoms with Crippen LogP contribution in [0.2, 0.25) is 0 Å². The van der Waals surface area contributed by atoms with E-state index < -0.39 is 16.8 Å². The minimum atomic E-state index is -0.536. The molecule has 0 spiro atoms. The zero-order valence-electron chi connectivity index (χ0n) is 15.1. The number of ether oxygens (including phenoxy) is 1. The quantitative estimate of drug-likeness (QED) is 0.460. The first-order valence-corrected chi connectivity index (χ1v) is 9.97. The third kappa shape index (κ3) is 3.87. The molecule has 0 aliphatic carbocycles. The first-order chi connectivity index (χ1) is 12.8. The van der Waals surface area contributed by atoms with Crippen LogP contribution in [0.15, 0.2) is 12.1 Å². The van der Waals surface area contributed by atoms with E-state index in [0.717, 1.165) is 28.3 Å². The predicted molar refractivity (Wildman–Crippen MR) is 104 cm³/mol. The molecule has 2 aromatic heterocycles. The maximum atomic E-state index is 12.5. The monoisotopic (exact) mass is 409 g/mol. The Morgan fingerprint density at radius 2 is 2.07 bits per heavy atom. The summed E-state index contributed by atoms with van der Waals surface area (Å²) < 4.78 is 4.91. The van der Waals surface area contributed by atoms with E-state index in [2.05, 4.69) is 24.1 Å². The Kier molecular flexibility index (Phi) is 5.59. The number of hydrogen-bond acceptors (Lipinski definition) is 8. The van der Waals surface area contributed by atoms with E-state index in [4.69, 9.17) is 4.74 Å². The number of thiophene rings is 2. The van der Waals surface area contributed by atoms with Gasteiger partial charge < -0.3 is 10.1 Å². The van der Waals surface area contributed by atoms with Crippen LogP contribution in [0.3, 0.4) is 0 Å². The number of amides is 1. The number of esters is 1. The van der Waals surface area contributed by atoms with Gasteiger partial charge in [0.25, 0.3) is 5.91 Å². The fourth-order valence-corrected chi connectivity index (χ4v) is 4.95. The van der Waals surface area contributed by atoms with Gasteiger partial charge in [-0.3, -0.25) is 19.8 Å². The van der Waals surface area contributed by atoms with Gasteiger partial charge in [0.05, 0.1) is 22.5 Å². The fourth-order valence-electron chi connectivity index (χ4n) is 2.98. The number of nitrogens with one attached hydrogen (secondary N) is 1. The summed E-state index contributed by atoms with van der Waals surface area (Å²) in [5.74, 6) is -0.962. The molecule has 3 heterocycles. The smallest absolute Gasteiger partial charge is 0.341 e. The maximum Gasteiger partial charge on any atom is 0.341 e. The fraction of sp³-hybridized carbons (Fsp3) is 0.412. The van der Waals surface area contributed by atoms with Crippen LogP contribution in [0.1, 0.15) is 44.3 Å². The summed E-state index contributed by atoms with van der Waals surface area (Å²) in [6.45, 7) is 5.77. The van der Waals surface area contributed by atoms with Crippen LogP contribution in [0.25, 0.3) is 0 Å². The molecule has 10 heteroatoms. The molecule has 1 aliphatic rings. The lowest BCUT2D eigenvalue weighted by atomic mass is 10.0. The van der Waals surface area contributed by atoms with Gasteiger partial charge in [-0.1, -0.05) is 11.3 Å². The number of methoxy groups -OCH3 is 1. The summed E-state index contributed by atoms with van der Waals surface area (Å²) >= 11 is 2.16. The minimum Gasteiger partial charge on any atom is -0.465 e.